The zero-order chi connectivity index (χ0) is 20.6. The molecule has 3 N–H and O–H groups in total. The molecule has 0 atom stereocenters. The van der Waals surface area contributed by atoms with Crippen LogP contribution < -0.4 is 15.8 Å². The number of aromatic nitrogens is 1. The molecular weight excluding hydrogens is 360 g/mol. The fraction of sp³-hybridized carbons (Fsp3) is 0.375. The van der Waals surface area contributed by atoms with Gasteiger partial charge >= 0.3 is 0 Å². The number of anilines is 1. The maximum atomic E-state index is 5.60. The molecule has 0 radical (unpaired) electrons. The van der Waals surface area contributed by atoms with Crippen LogP contribution in [0.5, 0.6) is 5.75 Å². The number of benzene rings is 2. The zero-order valence-corrected chi connectivity index (χ0v) is 17.7. The lowest BCUT2D eigenvalue weighted by Gasteiger charge is -2.17. The minimum Gasteiger partial charge on any atom is -0.497 e. The van der Waals surface area contributed by atoms with E-state index >= 15 is 0 Å². The van der Waals surface area contributed by atoms with E-state index in [1.807, 2.05) is 12.1 Å². The van der Waals surface area contributed by atoms with E-state index in [9.17, 15) is 0 Å². The predicted molar refractivity (Wildman–Crippen MR) is 123 cm³/mol. The van der Waals surface area contributed by atoms with Gasteiger partial charge in [-0.15, -0.1) is 0 Å². The van der Waals surface area contributed by atoms with Crippen molar-refractivity contribution in [1.29, 1.82) is 0 Å². The Morgan fingerprint density at radius 3 is 2.52 bits per heavy atom. The lowest BCUT2D eigenvalue weighted by Crippen LogP contribution is -2.24. The minimum absolute atomic E-state index is 0.749. The number of aryl methyl sites for hydroxylation is 1. The average Bonchev–Trinajstić information content (AvgIpc) is 2.75. The first-order chi connectivity index (χ1) is 14.1. The van der Waals surface area contributed by atoms with E-state index in [1.54, 1.807) is 7.11 Å². The molecule has 0 fully saturated rings. The van der Waals surface area contributed by atoms with E-state index in [4.69, 9.17) is 15.5 Å². The number of hydrogen-bond donors (Lipinski definition) is 2. The Hall–Kier alpha value is -2.63. The summed E-state index contributed by atoms with van der Waals surface area (Å²) in [5.41, 5.74) is 11.0. The van der Waals surface area contributed by atoms with Gasteiger partial charge in [-0.25, -0.2) is 4.98 Å². The molecule has 3 aromatic rings. The molecule has 0 saturated heterocycles. The van der Waals surface area contributed by atoms with Gasteiger partial charge in [0, 0.05) is 23.2 Å². The lowest BCUT2D eigenvalue weighted by atomic mass is 10.1. The Kier molecular flexibility index (Phi) is 7.44. The van der Waals surface area contributed by atoms with Crippen molar-refractivity contribution in [3.63, 3.8) is 0 Å². The van der Waals surface area contributed by atoms with Gasteiger partial charge < -0.3 is 20.7 Å². The van der Waals surface area contributed by atoms with Crippen molar-refractivity contribution in [2.75, 3.05) is 45.7 Å². The summed E-state index contributed by atoms with van der Waals surface area (Å²) in [5, 5.41) is 4.81. The van der Waals surface area contributed by atoms with Crippen molar-refractivity contribution in [3.05, 3.63) is 54.1 Å². The Bertz CT molecular complexity index is 924. The van der Waals surface area contributed by atoms with Crippen molar-refractivity contribution < 1.29 is 4.74 Å². The van der Waals surface area contributed by atoms with E-state index in [1.165, 1.54) is 10.9 Å². The third-order valence-corrected chi connectivity index (χ3v) is 5.13. The molecule has 3 rings (SSSR count). The maximum absolute atomic E-state index is 5.60. The number of nitrogens with zero attached hydrogens (tertiary/aromatic N) is 2. The molecule has 5 nitrogen and oxygen atoms in total. The first kappa shape index (κ1) is 21.1. The number of rotatable bonds is 10. The van der Waals surface area contributed by atoms with Crippen LogP contribution in [-0.2, 0) is 0 Å². The van der Waals surface area contributed by atoms with Crippen LogP contribution in [-0.4, -0.2) is 50.2 Å². The van der Waals surface area contributed by atoms with Gasteiger partial charge in [0.25, 0.3) is 0 Å². The Labute approximate surface area is 173 Å². The molecule has 1 heterocycles. The summed E-state index contributed by atoms with van der Waals surface area (Å²) in [5.74, 6) is 0.849. The zero-order valence-electron chi connectivity index (χ0n) is 17.7. The van der Waals surface area contributed by atoms with Gasteiger partial charge in [-0.1, -0.05) is 11.6 Å². The number of hydrogen-bond acceptors (Lipinski definition) is 5. The molecule has 0 bridgehead atoms. The van der Waals surface area contributed by atoms with Gasteiger partial charge in [0.15, 0.2) is 0 Å². The highest BCUT2D eigenvalue weighted by molar-refractivity contribution is 5.94. The van der Waals surface area contributed by atoms with Gasteiger partial charge in [0.2, 0.25) is 0 Å². The minimum atomic E-state index is 0.749. The fourth-order valence-corrected chi connectivity index (χ4v) is 3.44. The number of pyridine rings is 1. The van der Waals surface area contributed by atoms with E-state index in [0.717, 1.165) is 67.2 Å². The summed E-state index contributed by atoms with van der Waals surface area (Å²) >= 11 is 0. The Morgan fingerprint density at radius 1 is 1.03 bits per heavy atom. The third-order valence-electron chi connectivity index (χ3n) is 5.13. The SMILES string of the molecule is COc1ccc(-c2cc(NCCCN(C)CCCN)c3cc(C)ccc3n2)cc1. The molecule has 2 aromatic carbocycles. The van der Waals surface area contributed by atoms with Crippen molar-refractivity contribution in [2.24, 2.45) is 5.73 Å². The smallest absolute Gasteiger partial charge is 0.118 e. The van der Waals surface area contributed by atoms with Crippen molar-refractivity contribution in [2.45, 2.75) is 19.8 Å². The number of nitrogens with one attached hydrogen (secondary N) is 1. The molecule has 0 unspecified atom stereocenters. The van der Waals surface area contributed by atoms with Gasteiger partial charge in [-0.05, 0) is 88.9 Å². The first-order valence-corrected chi connectivity index (χ1v) is 10.3. The number of fused-ring (bicyclic) bond motifs is 1. The average molecular weight is 393 g/mol. The number of methoxy groups -OCH3 is 1. The highest BCUT2D eigenvalue weighted by atomic mass is 16.5. The van der Waals surface area contributed by atoms with Crippen molar-refractivity contribution in [1.82, 2.24) is 9.88 Å². The summed E-state index contributed by atoms with van der Waals surface area (Å²) in [6.07, 6.45) is 2.12. The van der Waals surface area contributed by atoms with Crippen LogP contribution >= 0.6 is 0 Å². The Balaban J connectivity index is 1.79. The topological polar surface area (TPSA) is 63.4 Å². The van der Waals surface area contributed by atoms with E-state index in [-0.39, 0.29) is 0 Å². The largest absolute Gasteiger partial charge is 0.497 e. The van der Waals surface area contributed by atoms with Gasteiger partial charge in [0.05, 0.1) is 18.3 Å². The normalized spacial score (nSPS) is 11.2. The summed E-state index contributed by atoms with van der Waals surface area (Å²) in [6, 6.07) is 16.6. The van der Waals surface area contributed by atoms with E-state index in [2.05, 4.69) is 60.6 Å². The van der Waals surface area contributed by atoms with Crippen molar-refractivity contribution >= 4 is 16.6 Å². The van der Waals surface area contributed by atoms with Gasteiger partial charge in [-0.3, -0.25) is 0 Å². The van der Waals surface area contributed by atoms with Crippen LogP contribution in [0.2, 0.25) is 0 Å². The highest BCUT2D eigenvalue weighted by Crippen LogP contribution is 2.30. The van der Waals surface area contributed by atoms with Crippen LogP contribution in [0, 0.1) is 6.92 Å². The molecule has 29 heavy (non-hydrogen) atoms. The van der Waals surface area contributed by atoms with Gasteiger partial charge in [-0.2, -0.15) is 0 Å². The van der Waals surface area contributed by atoms with Crippen LogP contribution in [0.3, 0.4) is 0 Å². The summed E-state index contributed by atoms with van der Waals surface area (Å²) in [4.78, 5) is 7.23. The summed E-state index contributed by atoms with van der Waals surface area (Å²) in [7, 11) is 3.84. The second-order valence-electron chi connectivity index (χ2n) is 7.53. The first-order valence-electron chi connectivity index (χ1n) is 10.3. The molecular formula is C24H32N4O. The monoisotopic (exact) mass is 392 g/mol. The Morgan fingerprint density at radius 2 is 1.79 bits per heavy atom. The number of ether oxygens (including phenoxy) is 1. The van der Waals surface area contributed by atoms with E-state index in [0.29, 0.717) is 0 Å². The molecule has 0 aliphatic heterocycles. The molecule has 0 aliphatic carbocycles. The summed E-state index contributed by atoms with van der Waals surface area (Å²) in [6.45, 7) is 5.89. The standard InChI is InChI=1S/C24H32N4O/c1-18-6-11-22-21(16-18)24(26-13-5-15-28(2)14-4-12-25)17-23(27-22)19-7-9-20(29-3)10-8-19/h6-11,16-17H,4-5,12-15,25H2,1-3H3,(H,26,27). The molecule has 0 saturated carbocycles. The molecule has 154 valence electrons. The number of nitrogens with two attached hydrogens (primary N) is 1. The molecule has 0 spiro atoms. The van der Waals surface area contributed by atoms with Crippen molar-refractivity contribution in [3.8, 4) is 17.0 Å². The predicted octanol–water partition coefficient (Wildman–Crippen LogP) is 4.30. The van der Waals surface area contributed by atoms with Crippen LogP contribution in [0.1, 0.15) is 18.4 Å². The molecule has 0 aliphatic rings. The van der Waals surface area contributed by atoms with Crippen LogP contribution in [0.25, 0.3) is 22.2 Å². The van der Waals surface area contributed by atoms with Gasteiger partial charge in [0.1, 0.15) is 5.75 Å². The quantitative estimate of drug-likeness (QED) is 0.504. The van der Waals surface area contributed by atoms with E-state index < -0.39 is 0 Å². The lowest BCUT2D eigenvalue weighted by molar-refractivity contribution is 0.330. The summed E-state index contributed by atoms with van der Waals surface area (Å²) < 4.78 is 5.28. The maximum Gasteiger partial charge on any atom is 0.118 e. The molecule has 1 aromatic heterocycles. The molecule has 0 amide bonds. The molecule has 5 heteroatoms. The second kappa shape index (κ2) is 10.2. The third kappa shape index (κ3) is 5.68. The second-order valence-corrected chi connectivity index (χ2v) is 7.53. The van der Waals surface area contributed by atoms with Crippen LogP contribution in [0.15, 0.2) is 48.5 Å². The van der Waals surface area contributed by atoms with Crippen LogP contribution in [0.4, 0.5) is 5.69 Å². The fourth-order valence-electron chi connectivity index (χ4n) is 3.44. The highest BCUT2D eigenvalue weighted by Gasteiger charge is 2.09.